The van der Waals surface area contributed by atoms with Crippen LogP contribution in [-0.2, 0) is 23.7 Å². The molecule has 1 aromatic carbocycles. The summed E-state index contributed by atoms with van der Waals surface area (Å²) in [6.45, 7) is 1.84. The number of hydrogen-bond donors (Lipinski definition) is 1. The normalized spacial score (nSPS) is 35.9. The van der Waals surface area contributed by atoms with E-state index in [9.17, 15) is 9.59 Å². The first-order chi connectivity index (χ1) is 21.3. The van der Waals surface area contributed by atoms with Crippen LogP contribution in [0.15, 0.2) is 12.1 Å². The number of esters is 2. The Labute approximate surface area is 259 Å². The van der Waals surface area contributed by atoms with Crippen LogP contribution in [0.5, 0.6) is 17.2 Å². The largest absolute Gasteiger partial charge is 0.493 e. The van der Waals surface area contributed by atoms with E-state index >= 15 is 0 Å². The summed E-state index contributed by atoms with van der Waals surface area (Å²) >= 11 is 0. The summed E-state index contributed by atoms with van der Waals surface area (Å²) in [5, 5.41) is 4.01. The van der Waals surface area contributed by atoms with Crippen LogP contribution >= 0.6 is 0 Å². The molecule has 10 atom stereocenters. The molecule has 44 heavy (non-hydrogen) atoms. The number of methoxy groups -OCH3 is 6. The van der Waals surface area contributed by atoms with Gasteiger partial charge in [0.2, 0.25) is 5.75 Å². The molecule has 5 aliphatic rings. The first-order valence-electron chi connectivity index (χ1n) is 15.9. The second kappa shape index (κ2) is 12.8. The van der Waals surface area contributed by atoms with Gasteiger partial charge in [-0.05, 0) is 55.6 Å². The van der Waals surface area contributed by atoms with Gasteiger partial charge in [0.05, 0.1) is 52.1 Å². The maximum atomic E-state index is 13.6. The summed E-state index contributed by atoms with van der Waals surface area (Å²) in [4.78, 5) is 27.0. The lowest BCUT2D eigenvalue weighted by molar-refractivity contribution is -0.552. The number of nitrogens with one attached hydrogen (secondary N) is 1. The highest BCUT2D eigenvalue weighted by atomic mass is 16.6. The summed E-state index contributed by atoms with van der Waals surface area (Å²) in [5.74, 6) is 1.14. The summed E-state index contributed by atoms with van der Waals surface area (Å²) in [5.41, 5.74) is 1.68. The maximum absolute atomic E-state index is 13.6. The fourth-order valence-corrected chi connectivity index (χ4v) is 9.18. The molecule has 1 saturated heterocycles. The molecule has 242 valence electrons. The van der Waals surface area contributed by atoms with E-state index < -0.39 is 24.1 Å². The van der Waals surface area contributed by atoms with E-state index in [2.05, 4.69) is 9.89 Å². The van der Waals surface area contributed by atoms with Crippen molar-refractivity contribution in [2.24, 2.45) is 29.6 Å². The minimum Gasteiger partial charge on any atom is -0.493 e. The van der Waals surface area contributed by atoms with Gasteiger partial charge in [0.25, 0.3) is 0 Å². The molecule has 11 heteroatoms. The highest BCUT2D eigenvalue weighted by Crippen LogP contribution is 2.48. The van der Waals surface area contributed by atoms with E-state index in [-0.39, 0.29) is 23.4 Å². The van der Waals surface area contributed by atoms with Crippen LogP contribution in [0.1, 0.15) is 48.9 Å². The predicted molar refractivity (Wildman–Crippen MR) is 160 cm³/mol. The fourth-order valence-electron chi connectivity index (χ4n) is 9.18. The molecule has 6 rings (SSSR count). The SMILES string of the molecule is COC(=O)[C@H]1[C@@H]2CC3=[N+](CCC4C3NC3CC(OC)CCC34)C[C@@H]2C[C@@H](OC(=O)c2cc(OC)c(OC)c(OC)c2)[C@H]1OC. The molecule has 2 aliphatic carbocycles. The molecule has 0 amide bonds. The van der Waals surface area contributed by atoms with E-state index in [1.165, 1.54) is 40.6 Å². The van der Waals surface area contributed by atoms with Gasteiger partial charge < -0.3 is 38.5 Å². The fraction of sp³-hybridized carbons (Fsp3) is 0.727. The van der Waals surface area contributed by atoms with E-state index in [4.69, 9.17) is 33.2 Å². The maximum Gasteiger partial charge on any atom is 0.338 e. The summed E-state index contributed by atoms with van der Waals surface area (Å²) < 4.78 is 42.0. The number of rotatable bonds is 8. The van der Waals surface area contributed by atoms with Crippen molar-refractivity contribution < 1.29 is 47.3 Å². The number of carbonyl (C=O) groups excluding carboxylic acids is 2. The van der Waals surface area contributed by atoms with Gasteiger partial charge in [-0.15, -0.1) is 0 Å². The van der Waals surface area contributed by atoms with Crippen molar-refractivity contribution in [1.82, 2.24) is 5.32 Å². The molecule has 0 spiro atoms. The summed E-state index contributed by atoms with van der Waals surface area (Å²) in [6.07, 6.45) is 5.01. The second-order valence-corrected chi connectivity index (χ2v) is 12.9. The Bertz CT molecular complexity index is 1260. The average molecular weight is 616 g/mol. The standard InChI is InChI=1S/C33H47N2O9/c1-38-19-7-8-20-21-9-10-35-16-18-13-27(44-32(36)17-11-25(39-2)30(41-4)26(12-17)40-3)31(42-5)28(33(37)43-6)22(18)15-24(35)29(21)34-23(20)14-19/h11-12,18-23,27-29,31,34H,7-10,13-16H2,1-6H3/q+1/t18-,19?,20?,21?,22+,23?,27+,28-,29?,31+/m0/s1. The molecule has 0 aromatic heterocycles. The zero-order chi connectivity index (χ0) is 31.1. The van der Waals surface area contributed by atoms with Gasteiger partial charge in [0, 0.05) is 39.0 Å². The number of hydrogen-bond acceptors (Lipinski definition) is 10. The lowest BCUT2D eigenvalue weighted by Crippen LogP contribution is -2.60. The molecule has 5 unspecified atom stereocenters. The molecule has 1 aromatic rings. The van der Waals surface area contributed by atoms with Crippen LogP contribution < -0.4 is 19.5 Å². The summed E-state index contributed by atoms with van der Waals surface area (Å²) in [6, 6.07) is 3.94. The lowest BCUT2D eigenvalue weighted by Gasteiger charge is -2.46. The van der Waals surface area contributed by atoms with Gasteiger partial charge in [0.1, 0.15) is 25.3 Å². The van der Waals surface area contributed by atoms with Crippen LogP contribution in [0.2, 0.25) is 0 Å². The third kappa shape index (κ3) is 5.34. The lowest BCUT2D eigenvalue weighted by atomic mass is 9.64. The van der Waals surface area contributed by atoms with Crippen molar-refractivity contribution in [1.29, 1.82) is 0 Å². The molecule has 11 nitrogen and oxygen atoms in total. The Morgan fingerprint density at radius 1 is 0.864 bits per heavy atom. The van der Waals surface area contributed by atoms with Crippen molar-refractivity contribution in [2.45, 2.75) is 68.9 Å². The summed E-state index contributed by atoms with van der Waals surface area (Å²) in [7, 11) is 9.33. The number of fused-ring (bicyclic) bond motifs is 5. The number of nitrogens with zero attached hydrogens (tertiary/aromatic N) is 1. The van der Waals surface area contributed by atoms with Crippen molar-refractivity contribution in [3.05, 3.63) is 17.7 Å². The zero-order valence-electron chi connectivity index (χ0n) is 26.7. The van der Waals surface area contributed by atoms with Crippen LogP contribution in [0.25, 0.3) is 0 Å². The second-order valence-electron chi connectivity index (χ2n) is 12.9. The van der Waals surface area contributed by atoms with Crippen molar-refractivity contribution in [2.75, 3.05) is 55.7 Å². The minimum absolute atomic E-state index is 0.0321. The molecule has 0 bridgehead atoms. The van der Waals surface area contributed by atoms with Gasteiger partial charge in [-0.25, -0.2) is 9.37 Å². The highest BCUT2D eigenvalue weighted by molar-refractivity contribution is 5.91. The topological polar surface area (TPSA) is 114 Å². The molecule has 2 saturated carbocycles. The number of ether oxygens (including phenoxy) is 7. The van der Waals surface area contributed by atoms with Crippen LogP contribution in [0.3, 0.4) is 0 Å². The Morgan fingerprint density at radius 2 is 1.61 bits per heavy atom. The predicted octanol–water partition coefficient (Wildman–Crippen LogP) is 2.71. The van der Waals surface area contributed by atoms with E-state index in [1.54, 1.807) is 19.2 Å². The smallest absolute Gasteiger partial charge is 0.338 e. The first-order valence-corrected chi connectivity index (χ1v) is 15.9. The molecule has 3 aliphatic heterocycles. The number of benzene rings is 1. The van der Waals surface area contributed by atoms with Gasteiger partial charge in [-0.1, -0.05) is 0 Å². The minimum atomic E-state index is -0.636. The van der Waals surface area contributed by atoms with Crippen molar-refractivity contribution in [3.8, 4) is 17.2 Å². The Morgan fingerprint density at radius 3 is 2.25 bits per heavy atom. The van der Waals surface area contributed by atoms with Crippen LogP contribution in [0, 0.1) is 29.6 Å². The number of carbonyl (C=O) groups is 2. The Balaban J connectivity index is 1.26. The van der Waals surface area contributed by atoms with Gasteiger partial charge in [-0.3, -0.25) is 4.79 Å². The van der Waals surface area contributed by atoms with Crippen molar-refractivity contribution >= 4 is 17.7 Å². The quantitative estimate of drug-likeness (QED) is 0.346. The molecule has 0 radical (unpaired) electrons. The van der Waals surface area contributed by atoms with Crippen LogP contribution in [-0.4, -0.2) is 108 Å². The molecular formula is C33H47N2O9+. The van der Waals surface area contributed by atoms with Gasteiger partial charge in [0.15, 0.2) is 17.2 Å². The highest BCUT2D eigenvalue weighted by Gasteiger charge is 2.58. The molecular weight excluding hydrogens is 568 g/mol. The van der Waals surface area contributed by atoms with E-state index in [0.29, 0.717) is 53.7 Å². The third-order valence-electron chi connectivity index (χ3n) is 11.2. The van der Waals surface area contributed by atoms with E-state index in [1.807, 2.05) is 7.11 Å². The molecule has 1 N–H and O–H groups in total. The van der Waals surface area contributed by atoms with Gasteiger partial charge in [-0.2, -0.15) is 0 Å². The monoisotopic (exact) mass is 615 g/mol. The third-order valence-corrected chi connectivity index (χ3v) is 11.2. The Hall–Kier alpha value is -2.89. The van der Waals surface area contributed by atoms with Gasteiger partial charge >= 0.3 is 11.9 Å². The van der Waals surface area contributed by atoms with E-state index in [0.717, 1.165) is 38.8 Å². The van der Waals surface area contributed by atoms with Crippen molar-refractivity contribution in [3.63, 3.8) is 0 Å². The molecule has 3 fully saturated rings. The average Bonchev–Trinajstić information content (AvgIpc) is 3.43. The first kappa shape index (κ1) is 31.1. The van der Waals surface area contributed by atoms with Crippen LogP contribution in [0.4, 0.5) is 0 Å². The Kier molecular flexibility index (Phi) is 9.08. The zero-order valence-corrected chi connectivity index (χ0v) is 26.7. The molecule has 3 heterocycles.